The Morgan fingerprint density at radius 2 is 2.05 bits per heavy atom. The van der Waals surface area contributed by atoms with Crippen molar-refractivity contribution in [1.82, 2.24) is 10.6 Å². The summed E-state index contributed by atoms with van der Waals surface area (Å²) in [5.74, 6) is -0.0747. The van der Waals surface area contributed by atoms with E-state index in [2.05, 4.69) is 17.2 Å². The summed E-state index contributed by atoms with van der Waals surface area (Å²) in [7, 11) is 0. The number of hydrogen-bond acceptors (Lipinski definition) is 2. The van der Waals surface area contributed by atoms with Gasteiger partial charge >= 0.3 is 0 Å². The molecule has 4 nitrogen and oxygen atoms in total. The van der Waals surface area contributed by atoms with Crippen molar-refractivity contribution in [3.63, 3.8) is 0 Å². The lowest BCUT2D eigenvalue weighted by Crippen LogP contribution is -2.63. The molecule has 1 fully saturated rings. The molecule has 107 valence electrons. The molecule has 1 radical (unpaired) electrons. The minimum absolute atomic E-state index is 0.137. The Balaban J connectivity index is 2.95. The minimum atomic E-state index is -0.907. The van der Waals surface area contributed by atoms with Gasteiger partial charge in [-0.2, -0.15) is 0 Å². The summed E-state index contributed by atoms with van der Waals surface area (Å²) in [5, 5.41) is 5.79. The highest BCUT2D eigenvalue weighted by Gasteiger charge is 2.44. The number of rotatable bonds is 3. The molecular formula is C15H25N2O2. The molecule has 0 bridgehead atoms. The van der Waals surface area contributed by atoms with Crippen LogP contribution in [0.1, 0.15) is 47.0 Å². The van der Waals surface area contributed by atoms with Crippen LogP contribution >= 0.6 is 0 Å². The molecule has 1 aliphatic rings. The Hall–Kier alpha value is -1.32. The Morgan fingerprint density at radius 3 is 2.53 bits per heavy atom. The number of carbonyl (C=O) groups is 2. The summed E-state index contributed by atoms with van der Waals surface area (Å²) in [4.78, 5) is 24.0. The predicted molar refractivity (Wildman–Crippen MR) is 76.3 cm³/mol. The molecule has 0 unspecified atom stereocenters. The van der Waals surface area contributed by atoms with Gasteiger partial charge in [0.05, 0.1) is 0 Å². The normalized spacial score (nSPS) is 27.5. The molecular weight excluding hydrogens is 240 g/mol. The number of allylic oxidation sites excluding steroid dienone is 1. The van der Waals surface area contributed by atoms with Crippen LogP contribution in [0.4, 0.5) is 0 Å². The van der Waals surface area contributed by atoms with Gasteiger partial charge in [-0.25, -0.2) is 0 Å². The zero-order valence-electron chi connectivity index (χ0n) is 12.4. The minimum Gasteiger partial charge on any atom is -0.349 e. The lowest BCUT2D eigenvalue weighted by molar-refractivity contribution is -0.133. The molecule has 0 aromatic carbocycles. The standard InChI is InChI=1S/C15H25N2O2/c1-6-12-8-7-9-15(10-12,16-11(2)18)13(19)17-14(3,4)5/h6,9,12H,1,7-8,10H2,2-5H3,(H,16,18)(H,17,19)/t12-,15-/m1/s1. The molecule has 0 aromatic heterocycles. The lowest BCUT2D eigenvalue weighted by atomic mass is 9.74. The average Bonchev–Trinajstić information content (AvgIpc) is 2.26. The summed E-state index contributed by atoms with van der Waals surface area (Å²) in [5.41, 5.74) is -1.23. The monoisotopic (exact) mass is 265 g/mol. The third-order valence-corrected chi connectivity index (χ3v) is 3.24. The summed E-state index contributed by atoms with van der Waals surface area (Å²) >= 11 is 0. The Kier molecular flexibility index (Phi) is 4.77. The predicted octanol–water partition coefficient (Wildman–Crippen LogP) is 1.97. The van der Waals surface area contributed by atoms with Gasteiger partial charge in [-0.1, -0.05) is 6.08 Å². The summed E-state index contributed by atoms with van der Waals surface area (Å²) < 4.78 is 0. The van der Waals surface area contributed by atoms with Crippen LogP contribution in [0.15, 0.2) is 12.7 Å². The van der Waals surface area contributed by atoms with Crippen LogP contribution in [0.3, 0.4) is 0 Å². The molecule has 0 spiro atoms. The number of amides is 2. The van der Waals surface area contributed by atoms with Crippen LogP contribution in [-0.2, 0) is 9.59 Å². The van der Waals surface area contributed by atoms with E-state index < -0.39 is 5.54 Å². The topological polar surface area (TPSA) is 58.2 Å². The SMILES string of the molecule is C=C[C@@H]1CC[CH][C@](NC(C)=O)(C(=O)NC(C)(C)C)C1. The van der Waals surface area contributed by atoms with Crippen LogP contribution in [0, 0.1) is 12.3 Å². The molecule has 2 atom stereocenters. The largest absolute Gasteiger partial charge is 0.349 e. The fourth-order valence-corrected chi connectivity index (χ4v) is 2.45. The molecule has 0 aliphatic heterocycles. The van der Waals surface area contributed by atoms with E-state index in [-0.39, 0.29) is 23.3 Å². The van der Waals surface area contributed by atoms with E-state index in [1.807, 2.05) is 33.3 Å². The summed E-state index contributed by atoms with van der Waals surface area (Å²) in [6.45, 7) is 11.0. The maximum absolute atomic E-state index is 12.5. The number of nitrogens with one attached hydrogen (secondary N) is 2. The van der Waals surface area contributed by atoms with Crippen molar-refractivity contribution in [3.8, 4) is 0 Å². The maximum Gasteiger partial charge on any atom is 0.246 e. The first-order valence-electron chi connectivity index (χ1n) is 6.77. The molecule has 1 aliphatic carbocycles. The van der Waals surface area contributed by atoms with E-state index in [1.54, 1.807) is 0 Å². The highest BCUT2D eigenvalue weighted by atomic mass is 16.2. The Morgan fingerprint density at radius 1 is 1.42 bits per heavy atom. The van der Waals surface area contributed by atoms with Crippen LogP contribution < -0.4 is 10.6 Å². The molecule has 1 saturated carbocycles. The van der Waals surface area contributed by atoms with Gasteiger partial charge in [-0.15, -0.1) is 6.58 Å². The van der Waals surface area contributed by atoms with Crippen molar-refractivity contribution in [2.24, 2.45) is 5.92 Å². The second-order valence-electron chi connectivity index (χ2n) is 6.34. The highest BCUT2D eigenvalue weighted by molar-refractivity contribution is 5.93. The van der Waals surface area contributed by atoms with E-state index in [1.165, 1.54) is 6.92 Å². The van der Waals surface area contributed by atoms with Crippen molar-refractivity contribution >= 4 is 11.8 Å². The first-order valence-corrected chi connectivity index (χ1v) is 6.77. The van der Waals surface area contributed by atoms with Crippen molar-refractivity contribution in [2.75, 3.05) is 0 Å². The highest BCUT2D eigenvalue weighted by Crippen LogP contribution is 2.33. The third-order valence-electron chi connectivity index (χ3n) is 3.24. The van der Waals surface area contributed by atoms with Crippen molar-refractivity contribution in [3.05, 3.63) is 19.1 Å². The zero-order chi connectivity index (χ0) is 14.7. The third kappa shape index (κ3) is 4.37. The quantitative estimate of drug-likeness (QED) is 0.766. The van der Waals surface area contributed by atoms with Gasteiger partial charge < -0.3 is 10.6 Å². The van der Waals surface area contributed by atoms with E-state index >= 15 is 0 Å². The molecule has 2 amide bonds. The first-order chi connectivity index (χ1) is 8.68. The Bertz CT molecular complexity index is 371. The number of hydrogen-bond donors (Lipinski definition) is 2. The number of carbonyl (C=O) groups excluding carboxylic acids is 2. The van der Waals surface area contributed by atoms with E-state index in [0.717, 1.165) is 12.8 Å². The maximum atomic E-state index is 12.5. The first kappa shape index (κ1) is 15.7. The zero-order valence-corrected chi connectivity index (χ0v) is 12.4. The van der Waals surface area contributed by atoms with Crippen molar-refractivity contribution in [1.29, 1.82) is 0 Å². The van der Waals surface area contributed by atoms with Crippen LogP contribution in [0.25, 0.3) is 0 Å². The molecule has 0 aromatic rings. The van der Waals surface area contributed by atoms with E-state index in [4.69, 9.17) is 0 Å². The van der Waals surface area contributed by atoms with Gasteiger partial charge in [0.2, 0.25) is 11.8 Å². The van der Waals surface area contributed by atoms with Crippen LogP contribution in [0.2, 0.25) is 0 Å². The van der Waals surface area contributed by atoms with Gasteiger partial charge in [0.25, 0.3) is 0 Å². The molecule has 4 heteroatoms. The second-order valence-corrected chi connectivity index (χ2v) is 6.34. The van der Waals surface area contributed by atoms with Crippen molar-refractivity contribution < 1.29 is 9.59 Å². The lowest BCUT2D eigenvalue weighted by Gasteiger charge is -2.40. The average molecular weight is 265 g/mol. The molecule has 0 heterocycles. The van der Waals surface area contributed by atoms with Gasteiger partial charge in [-0.3, -0.25) is 9.59 Å². The van der Waals surface area contributed by atoms with E-state index in [0.29, 0.717) is 6.42 Å². The summed E-state index contributed by atoms with van der Waals surface area (Å²) in [6.07, 6.45) is 6.16. The fraction of sp³-hybridized carbons (Fsp3) is 0.667. The Labute approximate surface area is 116 Å². The molecule has 19 heavy (non-hydrogen) atoms. The van der Waals surface area contributed by atoms with Crippen LogP contribution in [0.5, 0.6) is 0 Å². The molecule has 2 N–H and O–H groups in total. The molecule has 1 rings (SSSR count). The fourth-order valence-electron chi connectivity index (χ4n) is 2.45. The smallest absolute Gasteiger partial charge is 0.246 e. The second kappa shape index (κ2) is 5.76. The van der Waals surface area contributed by atoms with Gasteiger partial charge in [0, 0.05) is 12.5 Å². The van der Waals surface area contributed by atoms with Crippen molar-refractivity contribution in [2.45, 2.75) is 58.0 Å². The summed E-state index contributed by atoms with van der Waals surface area (Å²) in [6, 6.07) is 0. The van der Waals surface area contributed by atoms with Crippen LogP contribution in [-0.4, -0.2) is 22.9 Å². The van der Waals surface area contributed by atoms with E-state index in [9.17, 15) is 9.59 Å². The van der Waals surface area contributed by atoms with Gasteiger partial charge in [-0.05, 0) is 52.4 Å². The van der Waals surface area contributed by atoms with Gasteiger partial charge in [0.1, 0.15) is 5.54 Å². The van der Waals surface area contributed by atoms with Gasteiger partial charge in [0.15, 0.2) is 0 Å². The molecule has 0 saturated heterocycles.